The molecule has 3 aromatic rings. The third kappa shape index (κ3) is 4.57. The van der Waals surface area contributed by atoms with E-state index in [9.17, 15) is 0 Å². The number of thiophene rings is 1. The second-order valence-electron chi connectivity index (χ2n) is 6.67. The topological polar surface area (TPSA) is 0 Å². The standard InChI is InChI=1S/C22H28S/c1-2-3-4-5-6-7-8-9-14-21-16-20-15-18-12-10-11-13-19(18)17-22(20)23-21/h10-13,15-17H,2-9,14H2,1H3. The molecule has 0 amide bonds. The summed E-state index contributed by atoms with van der Waals surface area (Å²) in [4.78, 5) is 1.56. The van der Waals surface area contributed by atoms with Crippen LogP contribution in [0, 0.1) is 0 Å². The van der Waals surface area contributed by atoms with Crippen molar-refractivity contribution in [2.75, 3.05) is 0 Å². The van der Waals surface area contributed by atoms with Gasteiger partial charge in [0.1, 0.15) is 0 Å². The zero-order valence-corrected chi connectivity index (χ0v) is 15.1. The molecular formula is C22H28S. The Morgan fingerprint density at radius 3 is 2.09 bits per heavy atom. The summed E-state index contributed by atoms with van der Waals surface area (Å²) in [7, 11) is 0. The van der Waals surface area contributed by atoms with Crippen LogP contribution < -0.4 is 0 Å². The first-order valence-corrected chi connectivity index (χ1v) is 10.1. The first-order valence-electron chi connectivity index (χ1n) is 9.28. The Balaban J connectivity index is 1.50. The second kappa shape index (κ2) is 8.49. The predicted octanol–water partition coefficient (Wildman–Crippen LogP) is 7.74. The first kappa shape index (κ1) is 16.5. The number of rotatable bonds is 9. The fraction of sp³-hybridized carbons (Fsp3) is 0.455. The molecule has 1 aromatic heterocycles. The van der Waals surface area contributed by atoms with Crippen molar-refractivity contribution in [3.05, 3.63) is 47.3 Å². The first-order chi connectivity index (χ1) is 11.4. The van der Waals surface area contributed by atoms with Crippen LogP contribution in [0.5, 0.6) is 0 Å². The van der Waals surface area contributed by atoms with E-state index in [1.165, 1.54) is 78.6 Å². The Labute approximate surface area is 144 Å². The molecule has 0 aliphatic heterocycles. The fourth-order valence-corrected chi connectivity index (χ4v) is 4.48. The van der Waals surface area contributed by atoms with E-state index in [1.54, 1.807) is 4.88 Å². The molecule has 3 rings (SSSR count). The van der Waals surface area contributed by atoms with E-state index in [4.69, 9.17) is 0 Å². The summed E-state index contributed by atoms with van der Waals surface area (Å²) < 4.78 is 1.44. The lowest BCUT2D eigenvalue weighted by Crippen LogP contribution is -1.83. The van der Waals surface area contributed by atoms with Crippen LogP contribution in [0.1, 0.15) is 63.2 Å². The van der Waals surface area contributed by atoms with E-state index >= 15 is 0 Å². The van der Waals surface area contributed by atoms with Crippen LogP contribution in [0.25, 0.3) is 20.9 Å². The lowest BCUT2D eigenvalue weighted by molar-refractivity contribution is 0.576. The van der Waals surface area contributed by atoms with Crippen LogP contribution in [0.2, 0.25) is 0 Å². The van der Waals surface area contributed by atoms with Crippen LogP contribution in [0.15, 0.2) is 42.5 Å². The molecule has 0 N–H and O–H groups in total. The lowest BCUT2D eigenvalue weighted by Gasteiger charge is -2.00. The Bertz CT molecular complexity index is 685. The van der Waals surface area contributed by atoms with Crippen LogP contribution in [-0.4, -0.2) is 0 Å². The number of aryl methyl sites for hydroxylation is 1. The maximum Gasteiger partial charge on any atom is 0.0352 e. The smallest absolute Gasteiger partial charge is 0.0352 e. The summed E-state index contributed by atoms with van der Waals surface area (Å²) in [5.74, 6) is 0. The molecule has 0 atom stereocenters. The van der Waals surface area contributed by atoms with Gasteiger partial charge in [-0.05, 0) is 47.2 Å². The molecule has 23 heavy (non-hydrogen) atoms. The highest BCUT2D eigenvalue weighted by Gasteiger charge is 2.04. The van der Waals surface area contributed by atoms with Crippen LogP contribution >= 0.6 is 11.3 Å². The summed E-state index contributed by atoms with van der Waals surface area (Å²) in [6, 6.07) is 15.8. The highest BCUT2D eigenvalue weighted by atomic mass is 32.1. The molecule has 0 aliphatic carbocycles. The molecule has 0 spiro atoms. The van der Waals surface area contributed by atoms with Crippen molar-refractivity contribution in [1.82, 2.24) is 0 Å². The van der Waals surface area contributed by atoms with Gasteiger partial charge in [0, 0.05) is 9.58 Å². The Hall–Kier alpha value is -1.34. The Kier molecular flexibility index (Phi) is 6.10. The monoisotopic (exact) mass is 324 g/mol. The van der Waals surface area contributed by atoms with Gasteiger partial charge in [-0.1, -0.05) is 76.1 Å². The van der Waals surface area contributed by atoms with Crippen molar-refractivity contribution in [2.24, 2.45) is 0 Å². The minimum Gasteiger partial charge on any atom is -0.140 e. The maximum absolute atomic E-state index is 2.41. The Morgan fingerprint density at radius 1 is 0.696 bits per heavy atom. The summed E-state index contributed by atoms with van der Waals surface area (Å²) in [5, 5.41) is 4.14. The summed E-state index contributed by atoms with van der Waals surface area (Å²) >= 11 is 1.99. The molecule has 122 valence electrons. The molecule has 0 saturated carbocycles. The van der Waals surface area contributed by atoms with Crippen LogP contribution in [0.4, 0.5) is 0 Å². The van der Waals surface area contributed by atoms with Gasteiger partial charge in [0.05, 0.1) is 0 Å². The third-order valence-electron chi connectivity index (χ3n) is 4.71. The number of benzene rings is 2. The van der Waals surface area contributed by atoms with Crippen molar-refractivity contribution in [3.8, 4) is 0 Å². The van der Waals surface area contributed by atoms with Gasteiger partial charge in [-0.15, -0.1) is 11.3 Å². The van der Waals surface area contributed by atoms with Crippen molar-refractivity contribution in [3.63, 3.8) is 0 Å². The highest BCUT2D eigenvalue weighted by Crippen LogP contribution is 2.31. The number of hydrogen-bond acceptors (Lipinski definition) is 1. The van der Waals surface area contributed by atoms with E-state index in [-0.39, 0.29) is 0 Å². The largest absolute Gasteiger partial charge is 0.140 e. The fourth-order valence-electron chi connectivity index (χ4n) is 3.34. The van der Waals surface area contributed by atoms with Gasteiger partial charge in [-0.2, -0.15) is 0 Å². The average molecular weight is 325 g/mol. The number of unbranched alkanes of at least 4 members (excludes halogenated alkanes) is 7. The van der Waals surface area contributed by atoms with E-state index in [1.807, 2.05) is 11.3 Å². The van der Waals surface area contributed by atoms with Gasteiger partial charge in [0.2, 0.25) is 0 Å². The van der Waals surface area contributed by atoms with Crippen molar-refractivity contribution in [2.45, 2.75) is 64.7 Å². The van der Waals surface area contributed by atoms with E-state index in [0.717, 1.165) is 0 Å². The van der Waals surface area contributed by atoms with Crippen LogP contribution in [-0.2, 0) is 6.42 Å². The second-order valence-corrected chi connectivity index (χ2v) is 7.84. The molecule has 0 fully saturated rings. The minimum atomic E-state index is 1.25. The van der Waals surface area contributed by atoms with Crippen LogP contribution in [0.3, 0.4) is 0 Å². The zero-order valence-electron chi connectivity index (χ0n) is 14.3. The summed E-state index contributed by atoms with van der Waals surface area (Å²) in [5.41, 5.74) is 0. The molecule has 2 aromatic carbocycles. The van der Waals surface area contributed by atoms with Crippen molar-refractivity contribution < 1.29 is 0 Å². The van der Waals surface area contributed by atoms with E-state index in [2.05, 4.69) is 49.4 Å². The number of hydrogen-bond donors (Lipinski definition) is 0. The SMILES string of the molecule is CCCCCCCCCCc1cc2cc3ccccc3cc2s1. The average Bonchev–Trinajstić information content (AvgIpc) is 2.96. The van der Waals surface area contributed by atoms with Gasteiger partial charge in [-0.3, -0.25) is 0 Å². The highest BCUT2D eigenvalue weighted by molar-refractivity contribution is 7.19. The third-order valence-corrected chi connectivity index (χ3v) is 5.87. The minimum absolute atomic E-state index is 1.25. The molecule has 0 nitrogen and oxygen atoms in total. The summed E-state index contributed by atoms with van der Waals surface area (Å²) in [6.45, 7) is 2.29. The molecular weight excluding hydrogens is 296 g/mol. The zero-order chi connectivity index (χ0) is 15.9. The Morgan fingerprint density at radius 2 is 1.35 bits per heavy atom. The quantitative estimate of drug-likeness (QED) is 0.353. The van der Waals surface area contributed by atoms with Crippen molar-refractivity contribution in [1.29, 1.82) is 0 Å². The van der Waals surface area contributed by atoms with Gasteiger partial charge in [-0.25, -0.2) is 0 Å². The van der Waals surface area contributed by atoms with Gasteiger partial charge in [0.15, 0.2) is 0 Å². The molecule has 0 unspecified atom stereocenters. The lowest BCUT2D eigenvalue weighted by atomic mass is 10.1. The molecule has 0 saturated heterocycles. The molecule has 1 heterocycles. The van der Waals surface area contributed by atoms with Gasteiger partial charge >= 0.3 is 0 Å². The van der Waals surface area contributed by atoms with Gasteiger partial charge in [0.25, 0.3) is 0 Å². The molecule has 1 heteroatoms. The van der Waals surface area contributed by atoms with Crippen molar-refractivity contribution >= 4 is 32.2 Å². The van der Waals surface area contributed by atoms with E-state index in [0.29, 0.717) is 0 Å². The normalized spacial score (nSPS) is 11.5. The number of fused-ring (bicyclic) bond motifs is 2. The molecule has 0 radical (unpaired) electrons. The van der Waals surface area contributed by atoms with E-state index < -0.39 is 0 Å². The summed E-state index contributed by atoms with van der Waals surface area (Å²) in [6.07, 6.45) is 12.5. The maximum atomic E-state index is 2.41. The molecule has 0 bridgehead atoms. The van der Waals surface area contributed by atoms with Gasteiger partial charge < -0.3 is 0 Å². The predicted molar refractivity (Wildman–Crippen MR) is 106 cm³/mol. The molecule has 0 aliphatic rings.